The summed E-state index contributed by atoms with van der Waals surface area (Å²) in [6.45, 7) is 0. The molecular formula is C6H4ClN. The quantitative estimate of drug-likeness (QED) is 0.523. The number of hydrogen-bond acceptors (Lipinski definition) is 1. The molecule has 0 aliphatic rings. The molecule has 1 aromatic rings. The van der Waals surface area contributed by atoms with Gasteiger partial charge in [0, 0.05) is 22.8 Å². The number of benzene rings is 1. The molecule has 0 aromatic heterocycles. The fraction of sp³-hybridized carbons (Fsp3) is 0. The molecule has 0 aliphatic carbocycles. The number of halogens is 1. The van der Waals surface area contributed by atoms with Crippen molar-refractivity contribution in [2.75, 3.05) is 5.73 Å². The highest BCUT2D eigenvalue weighted by atomic mass is 35.5. The first-order chi connectivity index (χ1) is 3.79. The third-order valence-corrected chi connectivity index (χ3v) is 0.949. The summed E-state index contributed by atoms with van der Waals surface area (Å²) in [6, 6.07) is 8.59. The van der Waals surface area contributed by atoms with Crippen LogP contribution in [0.2, 0.25) is 5.02 Å². The zero-order chi connectivity index (χ0) is 5.98. The van der Waals surface area contributed by atoms with Crippen LogP contribution in [0, 0.1) is 12.1 Å². The molecule has 8 heavy (non-hydrogen) atoms. The van der Waals surface area contributed by atoms with Crippen molar-refractivity contribution in [3.05, 3.63) is 29.3 Å². The molecule has 0 amide bonds. The first-order valence-electron chi connectivity index (χ1n) is 2.13. The standard InChI is InChI=1S/C6H4ClN/c7-5-1-3-6(8)4-2-5/h1,4H,8H2. The van der Waals surface area contributed by atoms with Crippen molar-refractivity contribution < 1.29 is 0 Å². The molecule has 2 N–H and O–H groups in total. The molecule has 0 fully saturated rings. The average molecular weight is 126 g/mol. The number of hydrogen-bond donors (Lipinski definition) is 1. The van der Waals surface area contributed by atoms with Crippen LogP contribution in [0.15, 0.2) is 12.1 Å². The van der Waals surface area contributed by atoms with Gasteiger partial charge < -0.3 is 5.73 Å². The van der Waals surface area contributed by atoms with Crippen LogP contribution in [0.3, 0.4) is 0 Å². The molecule has 0 aliphatic heterocycles. The van der Waals surface area contributed by atoms with E-state index in [-0.39, 0.29) is 0 Å². The summed E-state index contributed by atoms with van der Waals surface area (Å²) < 4.78 is 0. The highest BCUT2D eigenvalue weighted by Crippen LogP contribution is 2.07. The van der Waals surface area contributed by atoms with E-state index < -0.39 is 0 Å². The molecule has 0 atom stereocenters. The second-order valence-electron chi connectivity index (χ2n) is 1.38. The second-order valence-corrected chi connectivity index (χ2v) is 1.79. The minimum absolute atomic E-state index is 0.541. The maximum absolute atomic E-state index is 5.47. The average Bonchev–Trinajstić information content (AvgIpc) is 1.77. The summed E-state index contributed by atoms with van der Waals surface area (Å²) in [5.74, 6) is 0. The third-order valence-electron chi connectivity index (χ3n) is 0.731. The predicted molar refractivity (Wildman–Crippen MR) is 33.5 cm³/mol. The molecule has 40 valence electrons. The maximum atomic E-state index is 5.47. The van der Waals surface area contributed by atoms with Gasteiger partial charge in [0.05, 0.1) is 0 Å². The Kier molecular flexibility index (Phi) is 1.40. The summed E-state index contributed by atoms with van der Waals surface area (Å²) in [4.78, 5) is 0. The minimum atomic E-state index is 0.541. The number of nitrogen functional groups attached to an aromatic ring is 1. The van der Waals surface area contributed by atoms with Crippen molar-refractivity contribution in [3.8, 4) is 0 Å². The van der Waals surface area contributed by atoms with Crippen LogP contribution in [0.1, 0.15) is 0 Å². The van der Waals surface area contributed by atoms with Gasteiger partial charge in [0.1, 0.15) is 0 Å². The largest absolute Gasteiger partial charge is 0.398 e. The Morgan fingerprint density at radius 3 is 2.50 bits per heavy atom. The fourth-order valence-electron chi connectivity index (χ4n) is 0.377. The van der Waals surface area contributed by atoms with Crippen molar-refractivity contribution in [1.82, 2.24) is 0 Å². The highest BCUT2D eigenvalue weighted by Gasteiger charge is 1.84. The molecule has 0 saturated carbocycles. The molecule has 1 nitrogen and oxygen atoms in total. The van der Waals surface area contributed by atoms with Crippen LogP contribution in [0.25, 0.3) is 0 Å². The lowest BCUT2D eigenvalue weighted by molar-refractivity contribution is 1.65. The van der Waals surface area contributed by atoms with Crippen LogP contribution in [-0.2, 0) is 0 Å². The molecule has 1 aromatic carbocycles. The molecule has 2 radical (unpaired) electrons. The Hall–Kier alpha value is -0.690. The summed E-state index contributed by atoms with van der Waals surface area (Å²) >= 11 is 5.47. The highest BCUT2D eigenvalue weighted by molar-refractivity contribution is 6.30. The van der Waals surface area contributed by atoms with Crippen LogP contribution in [0.5, 0.6) is 0 Å². The molecule has 0 saturated heterocycles. The Labute approximate surface area is 53.1 Å². The normalized spacial score (nSPS) is 9.12. The van der Waals surface area contributed by atoms with Gasteiger partial charge in [0.15, 0.2) is 0 Å². The van der Waals surface area contributed by atoms with E-state index in [1.807, 2.05) is 0 Å². The molecule has 2 heteroatoms. The van der Waals surface area contributed by atoms with Crippen molar-refractivity contribution >= 4 is 17.3 Å². The van der Waals surface area contributed by atoms with E-state index in [2.05, 4.69) is 12.1 Å². The van der Waals surface area contributed by atoms with E-state index >= 15 is 0 Å². The van der Waals surface area contributed by atoms with Gasteiger partial charge in [-0.05, 0) is 12.1 Å². The van der Waals surface area contributed by atoms with Crippen LogP contribution < -0.4 is 5.73 Å². The lowest BCUT2D eigenvalue weighted by Gasteiger charge is -1.87. The van der Waals surface area contributed by atoms with Crippen molar-refractivity contribution in [1.29, 1.82) is 0 Å². The summed E-state index contributed by atoms with van der Waals surface area (Å²) in [6.07, 6.45) is 0. The third kappa shape index (κ3) is 1.14. The number of nitrogens with two attached hydrogens (primary N) is 1. The van der Waals surface area contributed by atoms with Crippen molar-refractivity contribution in [2.45, 2.75) is 0 Å². The van der Waals surface area contributed by atoms with Gasteiger partial charge in [-0.2, -0.15) is 0 Å². The van der Waals surface area contributed by atoms with Gasteiger partial charge in [-0.25, -0.2) is 0 Å². The van der Waals surface area contributed by atoms with Crippen molar-refractivity contribution in [2.24, 2.45) is 0 Å². The van der Waals surface area contributed by atoms with Gasteiger partial charge in [0.2, 0.25) is 0 Å². The Morgan fingerprint density at radius 2 is 2.12 bits per heavy atom. The van der Waals surface area contributed by atoms with Gasteiger partial charge in [0.25, 0.3) is 0 Å². The van der Waals surface area contributed by atoms with Crippen LogP contribution in [0.4, 0.5) is 5.69 Å². The van der Waals surface area contributed by atoms with Gasteiger partial charge >= 0.3 is 0 Å². The number of anilines is 1. The van der Waals surface area contributed by atoms with E-state index in [0.717, 1.165) is 0 Å². The number of rotatable bonds is 0. The van der Waals surface area contributed by atoms with Gasteiger partial charge in [-0.15, -0.1) is 0 Å². The molecule has 0 unspecified atom stereocenters. The SMILES string of the molecule is Nc1[c]cc(Cl)[c]c1. The monoisotopic (exact) mass is 125 g/mol. The second kappa shape index (κ2) is 2.05. The van der Waals surface area contributed by atoms with E-state index in [9.17, 15) is 0 Å². The smallest absolute Gasteiger partial charge is 0.0492 e. The molecule has 0 spiro atoms. The Morgan fingerprint density at radius 1 is 1.38 bits per heavy atom. The molecule has 1 rings (SSSR count). The molecule has 0 heterocycles. The topological polar surface area (TPSA) is 26.0 Å². The Bertz CT molecular complexity index is 147. The maximum Gasteiger partial charge on any atom is 0.0492 e. The summed E-state index contributed by atoms with van der Waals surface area (Å²) in [7, 11) is 0. The lowest BCUT2D eigenvalue weighted by Crippen LogP contribution is -1.81. The van der Waals surface area contributed by atoms with Crippen LogP contribution in [-0.4, -0.2) is 0 Å². The first-order valence-corrected chi connectivity index (χ1v) is 2.51. The van der Waals surface area contributed by atoms with E-state index in [0.29, 0.717) is 10.7 Å². The van der Waals surface area contributed by atoms with Gasteiger partial charge in [-0.1, -0.05) is 11.6 Å². The van der Waals surface area contributed by atoms with Crippen LogP contribution >= 0.6 is 11.6 Å². The molecular weight excluding hydrogens is 122 g/mol. The van der Waals surface area contributed by atoms with E-state index in [1.54, 1.807) is 12.1 Å². The van der Waals surface area contributed by atoms with E-state index in [1.165, 1.54) is 0 Å². The minimum Gasteiger partial charge on any atom is -0.398 e. The first kappa shape index (κ1) is 5.45. The summed E-state index contributed by atoms with van der Waals surface area (Å²) in [5.41, 5.74) is 5.85. The van der Waals surface area contributed by atoms with E-state index in [4.69, 9.17) is 17.3 Å². The van der Waals surface area contributed by atoms with Gasteiger partial charge in [-0.3, -0.25) is 0 Å². The zero-order valence-electron chi connectivity index (χ0n) is 4.11. The zero-order valence-corrected chi connectivity index (χ0v) is 4.87. The van der Waals surface area contributed by atoms with Crippen molar-refractivity contribution in [3.63, 3.8) is 0 Å². The summed E-state index contributed by atoms with van der Waals surface area (Å²) in [5, 5.41) is 0.541. The molecule has 0 bridgehead atoms. The fourth-order valence-corrected chi connectivity index (χ4v) is 0.486. The predicted octanol–water partition coefficient (Wildman–Crippen LogP) is 1.52. The lowest BCUT2D eigenvalue weighted by atomic mass is 10.3. The Balaban J connectivity index is 3.03.